The number of alkyl halides is 3. The highest BCUT2D eigenvalue weighted by molar-refractivity contribution is 5.94. The Labute approximate surface area is 130 Å². The van der Waals surface area contributed by atoms with Gasteiger partial charge in [-0.15, -0.1) is 0 Å². The van der Waals surface area contributed by atoms with E-state index in [0.29, 0.717) is 18.6 Å². The van der Waals surface area contributed by atoms with Gasteiger partial charge in [0.05, 0.1) is 23.8 Å². The predicted molar refractivity (Wildman–Crippen MR) is 73.3 cm³/mol. The quantitative estimate of drug-likeness (QED) is 0.752. The fourth-order valence-electron chi connectivity index (χ4n) is 1.95. The molecule has 0 radical (unpaired) electrons. The van der Waals surface area contributed by atoms with E-state index in [2.05, 4.69) is 5.32 Å². The van der Waals surface area contributed by atoms with Crippen LogP contribution in [0.25, 0.3) is 0 Å². The summed E-state index contributed by atoms with van der Waals surface area (Å²) in [5, 5.41) is 11.8. The van der Waals surface area contributed by atoms with Crippen molar-refractivity contribution in [3.8, 4) is 0 Å². The minimum atomic E-state index is -4.88. The van der Waals surface area contributed by atoms with Gasteiger partial charge < -0.3 is 15.2 Å². The summed E-state index contributed by atoms with van der Waals surface area (Å²) in [6.07, 6.45) is -3.69. The Balaban J connectivity index is 1.87. The van der Waals surface area contributed by atoms with Crippen LogP contribution in [0.4, 0.5) is 17.6 Å². The van der Waals surface area contributed by atoms with E-state index in [1.165, 1.54) is 0 Å². The second kappa shape index (κ2) is 7.27. The van der Waals surface area contributed by atoms with Crippen LogP contribution in [0.5, 0.6) is 0 Å². The Kier molecular flexibility index (Phi) is 5.59. The molecule has 0 bridgehead atoms. The molecule has 0 aromatic heterocycles. The van der Waals surface area contributed by atoms with Crippen LogP contribution in [-0.2, 0) is 10.9 Å². The van der Waals surface area contributed by atoms with E-state index in [0.717, 1.165) is 25.0 Å². The van der Waals surface area contributed by atoms with Crippen LogP contribution in [0.1, 0.15) is 28.8 Å². The fraction of sp³-hybridized carbons (Fsp3) is 0.533. The first-order valence-corrected chi connectivity index (χ1v) is 7.18. The van der Waals surface area contributed by atoms with E-state index < -0.39 is 35.1 Å². The third kappa shape index (κ3) is 5.18. The molecule has 1 unspecified atom stereocenters. The van der Waals surface area contributed by atoms with E-state index in [9.17, 15) is 27.5 Å². The Morgan fingerprint density at radius 1 is 1.39 bits per heavy atom. The minimum absolute atomic E-state index is 0.00184. The molecule has 128 valence electrons. The molecule has 1 aromatic rings. The first kappa shape index (κ1) is 17.7. The van der Waals surface area contributed by atoms with E-state index in [1.54, 1.807) is 0 Å². The van der Waals surface area contributed by atoms with Gasteiger partial charge in [-0.3, -0.25) is 4.79 Å². The summed E-state index contributed by atoms with van der Waals surface area (Å²) < 4.78 is 56.8. The van der Waals surface area contributed by atoms with E-state index in [-0.39, 0.29) is 13.2 Å². The number of nitrogens with one attached hydrogen (secondary N) is 1. The highest BCUT2D eigenvalue weighted by Crippen LogP contribution is 2.32. The van der Waals surface area contributed by atoms with Crippen molar-refractivity contribution in [3.63, 3.8) is 0 Å². The zero-order chi connectivity index (χ0) is 17.0. The number of benzene rings is 1. The zero-order valence-electron chi connectivity index (χ0n) is 12.2. The van der Waals surface area contributed by atoms with Gasteiger partial charge in [0, 0.05) is 13.2 Å². The summed E-state index contributed by atoms with van der Waals surface area (Å²) >= 11 is 0. The summed E-state index contributed by atoms with van der Waals surface area (Å²) in [7, 11) is 0. The number of hydrogen-bond acceptors (Lipinski definition) is 3. The Bertz CT molecular complexity index is 558. The molecule has 0 saturated heterocycles. The number of carbonyl (C=O) groups excluding carboxylic acids is 1. The Hall–Kier alpha value is -1.67. The molecule has 0 aliphatic heterocycles. The van der Waals surface area contributed by atoms with Crippen molar-refractivity contribution >= 4 is 5.91 Å². The van der Waals surface area contributed by atoms with E-state index >= 15 is 0 Å². The van der Waals surface area contributed by atoms with Gasteiger partial charge in [-0.2, -0.15) is 13.2 Å². The maximum atomic E-state index is 13.8. The first-order chi connectivity index (χ1) is 10.8. The molecule has 4 nitrogen and oxygen atoms in total. The lowest BCUT2D eigenvalue weighted by Crippen LogP contribution is -2.35. The molecule has 0 spiro atoms. The highest BCUT2D eigenvalue weighted by Gasteiger charge is 2.35. The summed E-state index contributed by atoms with van der Waals surface area (Å²) in [5.74, 6) is -2.12. The van der Waals surface area contributed by atoms with Crippen LogP contribution < -0.4 is 5.32 Å². The smallest absolute Gasteiger partial charge is 0.389 e. The van der Waals surface area contributed by atoms with Crippen LogP contribution in [-0.4, -0.2) is 36.9 Å². The lowest BCUT2D eigenvalue weighted by Gasteiger charge is -2.14. The maximum Gasteiger partial charge on any atom is 0.419 e. The van der Waals surface area contributed by atoms with Crippen molar-refractivity contribution in [1.29, 1.82) is 0 Å². The van der Waals surface area contributed by atoms with Gasteiger partial charge in [-0.25, -0.2) is 4.39 Å². The molecule has 0 heterocycles. The number of aliphatic hydroxyl groups excluding tert-OH is 1. The SMILES string of the molecule is O=C(NCC(O)COCC1CC1)c1cccc(C(F)(F)F)c1F. The summed E-state index contributed by atoms with van der Waals surface area (Å²) in [6.45, 7) is 0.300. The van der Waals surface area contributed by atoms with E-state index in [1.807, 2.05) is 0 Å². The van der Waals surface area contributed by atoms with Crippen LogP contribution >= 0.6 is 0 Å². The number of ether oxygens (including phenoxy) is 1. The molecule has 1 aromatic carbocycles. The van der Waals surface area contributed by atoms with Crippen molar-refractivity contribution in [2.45, 2.75) is 25.1 Å². The molecule has 2 rings (SSSR count). The third-order valence-corrected chi connectivity index (χ3v) is 3.41. The summed E-state index contributed by atoms with van der Waals surface area (Å²) in [4.78, 5) is 11.8. The Morgan fingerprint density at radius 2 is 2.09 bits per heavy atom. The maximum absolute atomic E-state index is 13.8. The zero-order valence-corrected chi connectivity index (χ0v) is 12.2. The number of amides is 1. The number of halogens is 4. The van der Waals surface area contributed by atoms with E-state index in [4.69, 9.17) is 4.74 Å². The van der Waals surface area contributed by atoms with Crippen LogP contribution in [0.2, 0.25) is 0 Å². The normalized spacial score (nSPS) is 16.2. The van der Waals surface area contributed by atoms with Gasteiger partial charge in [-0.05, 0) is 30.9 Å². The minimum Gasteiger partial charge on any atom is -0.389 e. The fourth-order valence-corrected chi connectivity index (χ4v) is 1.95. The van der Waals surface area contributed by atoms with Crippen molar-refractivity contribution in [2.75, 3.05) is 19.8 Å². The van der Waals surface area contributed by atoms with Crippen molar-refractivity contribution < 1.29 is 32.2 Å². The molecule has 1 aliphatic carbocycles. The van der Waals surface area contributed by atoms with Crippen molar-refractivity contribution in [1.82, 2.24) is 5.32 Å². The topological polar surface area (TPSA) is 58.6 Å². The van der Waals surface area contributed by atoms with Gasteiger partial charge >= 0.3 is 6.18 Å². The van der Waals surface area contributed by atoms with Crippen LogP contribution in [0, 0.1) is 11.7 Å². The molecular formula is C15H17F4NO3. The number of hydrogen-bond donors (Lipinski definition) is 2. The summed E-state index contributed by atoms with van der Waals surface area (Å²) in [6, 6.07) is 2.47. The second-order valence-electron chi connectivity index (χ2n) is 5.51. The van der Waals surface area contributed by atoms with Crippen LogP contribution in [0.15, 0.2) is 18.2 Å². The van der Waals surface area contributed by atoms with Crippen molar-refractivity contribution in [3.05, 3.63) is 35.1 Å². The van der Waals surface area contributed by atoms with Crippen molar-refractivity contribution in [2.24, 2.45) is 5.92 Å². The van der Waals surface area contributed by atoms with Crippen LogP contribution in [0.3, 0.4) is 0 Å². The number of aliphatic hydroxyl groups is 1. The molecule has 1 fully saturated rings. The van der Waals surface area contributed by atoms with Gasteiger partial charge in [0.2, 0.25) is 0 Å². The molecule has 1 saturated carbocycles. The molecule has 1 atom stereocenters. The molecule has 2 N–H and O–H groups in total. The lowest BCUT2D eigenvalue weighted by atomic mass is 10.1. The average Bonchev–Trinajstić information content (AvgIpc) is 3.28. The molecule has 1 aliphatic rings. The number of rotatable bonds is 7. The standard InChI is InChI=1S/C15H17F4NO3/c16-13-11(2-1-3-12(13)15(17,18)19)14(22)20-6-10(21)8-23-7-9-4-5-9/h1-3,9-10,21H,4-8H2,(H,20,22). The largest absolute Gasteiger partial charge is 0.419 e. The van der Waals surface area contributed by atoms with Gasteiger partial charge in [0.1, 0.15) is 5.82 Å². The van der Waals surface area contributed by atoms with Gasteiger partial charge in [-0.1, -0.05) is 6.07 Å². The molecule has 1 amide bonds. The predicted octanol–water partition coefficient (Wildman–Crippen LogP) is 2.36. The monoisotopic (exact) mass is 335 g/mol. The van der Waals surface area contributed by atoms with Gasteiger partial charge in [0.25, 0.3) is 5.91 Å². The van der Waals surface area contributed by atoms with Gasteiger partial charge in [0.15, 0.2) is 0 Å². The summed E-state index contributed by atoms with van der Waals surface area (Å²) in [5.41, 5.74) is -2.22. The number of carbonyl (C=O) groups is 1. The third-order valence-electron chi connectivity index (χ3n) is 3.41. The average molecular weight is 335 g/mol. The lowest BCUT2D eigenvalue weighted by molar-refractivity contribution is -0.140. The molecule has 8 heteroatoms. The second-order valence-corrected chi connectivity index (χ2v) is 5.51. The highest BCUT2D eigenvalue weighted by atomic mass is 19.4. The molecular weight excluding hydrogens is 318 g/mol. The molecule has 23 heavy (non-hydrogen) atoms. The first-order valence-electron chi connectivity index (χ1n) is 7.18. The Morgan fingerprint density at radius 3 is 2.70 bits per heavy atom.